The first-order valence-electron chi connectivity index (χ1n) is 6.18. The molecule has 0 spiro atoms. The Hall–Kier alpha value is -1.25. The van der Waals surface area contributed by atoms with Gasteiger partial charge in [0.2, 0.25) is 0 Å². The van der Waals surface area contributed by atoms with E-state index >= 15 is 0 Å². The van der Waals surface area contributed by atoms with Crippen molar-refractivity contribution in [3.63, 3.8) is 0 Å². The van der Waals surface area contributed by atoms with Crippen LogP contribution in [-0.2, 0) is 12.8 Å². The second-order valence-corrected chi connectivity index (χ2v) is 5.03. The number of halogens is 1. The zero-order chi connectivity index (χ0) is 12.8. The summed E-state index contributed by atoms with van der Waals surface area (Å²) in [6, 6.07) is 10.1. The van der Waals surface area contributed by atoms with Crippen molar-refractivity contribution in [2.75, 3.05) is 13.6 Å². The highest BCUT2D eigenvalue weighted by molar-refractivity contribution is 6.30. The maximum atomic E-state index is 5.90. The molecule has 1 heterocycles. The largest absolute Gasteiger partial charge is 0.472 e. The minimum absolute atomic E-state index is 0.564. The van der Waals surface area contributed by atoms with Gasteiger partial charge in [-0.3, -0.25) is 0 Å². The summed E-state index contributed by atoms with van der Waals surface area (Å²) < 4.78 is 5.12. The van der Waals surface area contributed by atoms with E-state index in [-0.39, 0.29) is 0 Å². The molecule has 0 aliphatic rings. The van der Waals surface area contributed by atoms with Crippen molar-refractivity contribution >= 4 is 11.6 Å². The predicted molar refractivity (Wildman–Crippen MR) is 75.0 cm³/mol. The fraction of sp³-hybridized carbons (Fsp3) is 0.333. The van der Waals surface area contributed by atoms with Crippen molar-refractivity contribution in [1.82, 2.24) is 5.32 Å². The molecule has 2 aromatic rings. The molecule has 0 aliphatic heterocycles. The number of hydrogen-bond donors (Lipinski definition) is 1. The van der Waals surface area contributed by atoms with Gasteiger partial charge in [0.15, 0.2) is 0 Å². The van der Waals surface area contributed by atoms with E-state index in [1.165, 1.54) is 11.1 Å². The van der Waals surface area contributed by atoms with Crippen LogP contribution < -0.4 is 5.32 Å². The van der Waals surface area contributed by atoms with E-state index in [2.05, 4.69) is 17.4 Å². The van der Waals surface area contributed by atoms with Gasteiger partial charge in [-0.25, -0.2) is 0 Å². The third-order valence-electron chi connectivity index (χ3n) is 3.03. The van der Waals surface area contributed by atoms with E-state index < -0.39 is 0 Å². The topological polar surface area (TPSA) is 25.2 Å². The molecular weight excluding hydrogens is 246 g/mol. The van der Waals surface area contributed by atoms with Gasteiger partial charge in [0.05, 0.1) is 12.5 Å². The summed E-state index contributed by atoms with van der Waals surface area (Å²) in [7, 11) is 1.99. The van der Waals surface area contributed by atoms with Crippen LogP contribution in [0.25, 0.3) is 0 Å². The Kier molecular flexibility index (Phi) is 4.85. The standard InChI is InChI=1S/C15H18ClNO/c1-17-10-14(9-13-6-7-18-11-13)8-12-2-4-15(16)5-3-12/h2-7,11,14,17H,8-10H2,1H3. The lowest BCUT2D eigenvalue weighted by atomic mass is 9.93. The predicted octanol–water partition coefficient (Wildman–Crippen LogP) is 3.55. The van der Waals surface area contributed by atoms with Gasteiger partial charge >= 0.3 is 0 Å². The van der Waals surface area contributed by atoms with E-state index in [0.717, 1.165) is 24.4 Å². The van der Waals surface area contributed by atoms with Gasteiger partial charge in [-0.05, 0) is 61.7 Å². The van der Waals surface area contributed by atoms with Gasteiger partial charge in [-0.15, -0.1) is 0 Å². The van der Waals surface area contributed by atoms with Gasteiger partial charge in [0.25, 0.3) is 0 Å². The monoisotopic (exact) mass is 263 g/mol. The number of furan rings is 1. The Morgan fingerprint density at radius 3 is 2.44 bits per heavy atom. The zero-order valence-electron chi connectivity index (χ0n) is 10.5. The lowest BCUT2D eigenvalue weighted by Gasteiger charge is -2.15. The van der Waals surface area contributed by atoms with Crippen LogP contribution in [0.5, 0.6) is 0 Å². The molecule has 18 heavy (non-hydrogen) atoms. The molecule has 1 unspecified atom stereocenters. The summed E-state index contributed by atoms with van der Waals surface area (Å²) in [5.74, 6) is 0.564. The molecule has 3 heteroatoms. The second-order valence-electron chi connectivity index (χ2n) is 4.59. The van der Waals surface area contributed by atoms with E-state index in [9.17, 15) is 0 Å². The zero-order valence-corrected chi connectivity index (χ0v) is 11.3. The number of hydrogen-bond acceptors (Lipinski definition) is 2. The molecule has 96 valence electrons. The van der Waals surface area contributed by atoms with Gasteiger partial charge in [-0.2, -0.15) is 0 Å². The van der Waals surface area contributed by atoms with Crippen molar-refractivity contribution < 1.29 is 4.42 Å². The number of nitrogens with one attached hydrogen (secondary N) is 1. The number of benzene rings is 1. The third-order valence-corrected chi connectivity index (χ3v) is 3.29. The van der Waals surface area contributed by atoms with Crippen molar-refractivity contribution in [2.45, 2.75) is 12.8 Å². The van der Waals surface area contributed by atoms with Crippen LogP contribution in [0.1, 0.15) is 11.1 Å². The van der Waals surface area contributed by atoms with Crippen LogP contribution >= 0.6 is 11.6 Å². The van der Waals surface area contributed by atoms with Crippen molar-refractivity contribution in [2.24, 2.45) is 5.92 Å². The second kappa shape index (κ2) is 6.62. The summed E-state index contributed by atoms with van der Waals surface area (Å²) >= 11 is 5.90. The Bertz CT molecular complexity index is 450. The molecule has 1 aromatic heterocycles. The number of rotatable bonds is 6. The quantitative estimate of drug-likeness (QED) is 0.862. The van der Waals surface area contributed by atoms with Crippen LogP contribution in [0, 0.1) is 5.92 Å². The highest BCUT2D eigenvalue weighted by Gasteiger charge is 2.10. The normalized spacial score (nSPS) is 12.6. The molecule has 0 amide bonds. The van der Waals surface area contributed by atoms with Crippen molar-refractivity contribution in [3.8, 4) is 0 Å². The van der Waals surface area contributed by atoms with Crippen LogP contribution in [0.3, 0.4) is 0 Å². The minimum atomic E-state index is 0.564. The summed E-state index contributed by atoms with van der Waals surface area (Å²) in [4.78, 5) is 0. The molecule has 1 atom stereocenters. The molecule has 1 N–H and O–H groups in total. The Labute approximate surface area is 113 Å². The summed E-state index contributed by atoms with van der Waals surface area (Å²) in [6.45, 7) is 0.994. The van der Waals surface area contributed by atoms with Gasteiger partial charge in [0, 0.05) is 5.02 Å². The molecule has 0 aliphatic carbocycles. The first-order valence-corrected chi connectivity index (χ1v) is 6.56. The van der Waals surface area contributed by atoms with E-state index in [0.29, 0.717) is 5.92 Å². The molecule has 2 rings (SSSR count). The van der Waals surface area contributed by atoms with Crippen molar-refractivity contribution in [3.05, 3.63) is 59.0 Å². The Morgan fingerprint density at radius 2 is 1.83 bits per heavy atom. The molecule has 2 nitrogen and oxygen atoms in total. The molecular formula is C15H18ClNO. The lowest BCUT2D eigenvalue weighted by Crippen LogP contribution is -2.22. The molecule has 0 radical (unpaired) electrons. The average Bonchev–Trinajstić information content (AvgIpc) is 2.85. The Balaban J connectivity index is 1.99. The van der Waals surface area contributed by atoms with Crippen LogP contribution in [0.4, 0.5) is 0 Å². The average molecular weight is 264 g/mol. The molecule has 0 saturated carbocycles. The Morgan fingerprint density at radius 1 is 1.11 bits per heavy atom. The summed E-state index contributed by atoms with van der Waals surface area (Å²) in [5.41, 5.74) is 2.58. The summed E-state index contributed by atoms with van der Waals surface area (Å²) in [6.07, 6.45) is 5.63. The fourth-order valence-electron chi connectivity index (χ4n) is 2.20. The maximum absolute atomic E-state index is 5.90. The first-order chi connectivity index (χ1) is 8.78. The van der Waals surface area contributed by atoms with Crippen LogP contribution in [-0.4, -0.2) is 13.6 Å². The van der Waals surface area contributed by atoms with Gasteiger partial charge in [0.1, 0.15) is 0 Å². The summed E-state index contributed by atoms with van der Waals surface area (Å²) in [5, 5.41) is 4.05. The van der Waals surface area contributed by atoms with Crippen LogP contribution in [0.15, 0.2) is 47.3 Å². The SMILES string of the molecule is CNCC(Cc1ccc(Cl)cc1)Cc1ccoc1. The van der Waals surface area contributed by atoms with Crippen LogP contribution in [0.2, 0.25) is 5.02 Å². The highest BCUT2D eigenvalue weighted by atomic mass is 35.5. The van der Waals surface area contributed by atoms with E-state index in [1.807, 2.05) is 31.5 Å². The van der Waals surface area contributed by atoms with Gasteiger partial charge < -0.3 is 9.73 Å². The van der Waals surface area contributed by atoms with Gasteiger partial charge in [-0.1, -0.05) is 23.7 Å². The molecule has 0 bridgehead atoms. The van der Waals surface area contributed by atoms with Crippen molar-refractivity contribution in [1.29, 1.82) is 0 Å². The third kappa shape index (κ3) is 3.90. The lowest BCUT2D eigenvalue weighted by molar-refractivity contribution is 0.488. The first kappa shape index (κ1) is 13.2. The highest BCUT2D eigenvalue weighted by Crippen LogP contribution is 2.17. The molecule has 0 fully saturated rings. The molecule has 0 saturated heterocycles. The minimum Gasteiger partial charge on any atom is -0.472 e. The van der Waals surface area contributed by atoms with E-state index in [4.69, 9.17) is 16.0 Å². The smallest absolute Gasteiger partial charge is 0.0934 e. The maximum Gasteiger partial charge on any atom is 0.0934 e. The van der Waals surface area contributed by atoms with E-state index in [1.54, 1.807) is 6.26 Å². The fourth-order valence-corrected chi connectivity index (χ4v) is 2.33. The molecule has 1 aromatic carbocycles.